The summed E-state index contributed by atoms with van der Waals surface area (Å²) < 4.78 is 0. The van der Waals surface area contributed by atoms with Gasteiger partial charge in [0.25, 0.3) is 0 Å². The normalized spacial score (nSPS) is 10.6. The summed E-state index contributed by atoms with van der Waals surface area (Å²) in [6.45, 7) is 4.26. The molecule has 1 heteroatoms. The molecule has 1 N–H and O–H groups in total. The van der Waals surface area contributed by atoms with Crippen molar-refractivity contribution in [3.63, 3.8) is 0 Å². The van der Waals surface area contributed by atoms with E-state index in [1.807, 2.05) is 30.3 Å². The van der Waals surface area contributed by atoms with Crippen molar-refractivity contribution < 1.29 is 5.11 Å². The van der Waals surface area contributed by atoms with E-state index in [9.17, 15) is 5.11 Å². The van der Waals surface area contributed by atoms with E-state index < -0.39 is 0 Å². The Morgan fingerprint density at radius 1 is 1.00 bits per heavy atom. The van der Waals surface area contributed by atoms with Crippen molar-refractivity contribution in [3.05, 3.63) is 53.6 Å². The van der Waals surface area contributed by atoms with E-state index in [1.54, 1.807) is 0 Å². The number of hydrogen-bond donors (Lipinski definition) is 1. The molecule has 0 heterocycles. The Morgan fingerprint density at radius 3 is 2.33 bits per heavy atom. The van der Waals surface area contributed by atoms with Crippen molar-refractivity contribution in [1.82, 2.24) is 0 Å². The molecule has 18 heavy (non-hydrogen) atoms. The van der Waals surface area contributed by atoms with Crippen LogP contribution in [0.3, 0.4) is 0 Å². The summed E-state index contributed by atoms with van der Waals surface area (Å²) in [4.78, 5) is 0. The van der Waals surface area contributed by atoms with Gasteiger partial charge in [-0.15, -0.1) is 0 Å². The Morgan fingerprint density at radius 2 is 1.72 bits per heavy atom. The average Bonchev–Trinajstić information content (AvgIpc) is 2.42. The molecule has 2 aromatic rings. The number of benzene rings is 2. The molecule has 0 spiro atoms. The Kier molecular flexibility index (Phi) is 4.03. The third-order valence-electron chi connectivity index (χ3n) is 3.25. The van der Waals surface area contributed by atoms with Gasteiger partial charge >= 0.3 is 0 Å². The third-order valence-corrected chi connectivity index (χ3v) is 3.25. The van der Waals surface area contributed by atoms with Gasteiger partial charge in [-0.2, -0.15) is 0 Å². The molecular weight excluding hydrogens is 220 g/mol. The monoisotopic (exact) mass is 240 g/mol. The summed E-state index contributed by atoms with van der Waals surface area (Å²) in [6.07, 6.45) is 3.05. The minimum absolute atomic E-state index is 0.434. The van der Waals surface area contributed by atoms with Crippen LogP contribution < -0.4 is 0 Å². The summed E-state index contributed by atoms with van der Waals surface area (Å²) in [7, 11) is 0. The first-order valence-corrected chi connectivity index (χ1v) is 6.66. The second kappa shape index (κ2) is 5.72. The lowest BCUT2D eigenvalue weighted by Gasteiger charge is -2.12. The largest absolute Gasteiger partial charge is 0.507 e. The van der Waals surface area contributed by atoms with E-state index in [1.165, 1.54) is 5.56 Å². The second-order valence-corrected chi connectivity index (χ2v) is 4.62. The molecule has 0 aromatic heterocycles. The Bertz CT molecular complexity index is 515. The number of hydrogen-bond acceptors (Lipinski definition) is 1. The fraction of sp³-hybridized carbons (Fsp3) is 0.294. The highest BCUT2D eigenvalue weighted by Gasteiger charge is 2.10. The smallest absolute Gasteiger partial charge is 0.126 e. The summed E-state index contributed by atoms with van der Waals surface area (Å²) in [5.74, 6) is 0.434. The molecule has 0 bridgehead atoms. The minimum Gasteiger partial charge on any atom is -0.507 e. The van der Waals surface area contributed by atoms with E-state index in [0.29, 0.717) is 5.75 Å². The third kappa shape index (κ3) is 2.56. The highest BCUT2D eigenvalue weighted by Crippen LogP contribution is 2.34. The number of rotatable bonds is 4. The lowest BCUT2D eigenvalue weighted by Crippen LogP contribution is -1.92. The maximum Gasteiger partial charge on any atom is 0.126 e. The molecule has 0 aliphatic carbocycles. The Labute approximate surface area is 109 Å². The van der Waals surface area contributed by atoms with Crippen molar-refractivity contribution in [2.24, 2.45) is 0 Å². The zero-order valence-corrected chi connectivity index (χ0v) is 11.1. The van der Waals surface area contributed by atoms with Crippen LogP contribution in [-0.4, -0.2) is 5.11 Å². The molecule has 94 valence electrons. The van der Waals surface area contributed by atoms with Crippen LogP contribution in [0.1, 0.15) is 31.4 Å². The Balaban J connectivity index is 2.55. The van der Waals surface area contributed by atoms with Crippen molar-refractivity contribution in [1.29, 1.82) is 0 Å². The lowest BCUT2D eigenvalue weighted by atomic mass is 9.95. The van der Waals surface area contributed by atoms with Gasteiger partial charge in [-0.1, -0.05) is 56.7 Å². The van der Waals surface area contributed by atoms with E-state index in [-0.39, 0.29) is 0 Å². The quantitative estimate of drug-likeness (QED) is 0.829. The number of aromatic hydroxyl groups is 1. The van der Waals surface area contributed by atoms with Gasteiger partial charge in [-0.25, -0.2) is 0 Å². The highest BCUT2D eigenvalue weighted by atomic mass is 16.3. The van der Waals surface area contributed by atoms with E-state index in [4.69, 9.17) is 0 Å². The van der Waals surface area contributed by atoms with Crippen LogP contribution in [0.2, 0.25) is 0 Å². The second-order valence-electron chi connectivity index (χ2n) is 4.62. The van der Waals surface area contributed by atoms with Gasteiger partial charge in [0.2, 0.25) is 0 Å². The molecule has 2 aromatic carbocycles. The molecule has 1 nitrogen and oxygen atoms in total. The summed E-state index contributed by atoms with van der Waals surface area (Å²) in [5.41, 5.74) is 4.40. The fourth-order valence-electron chi connectivity index (χ4n) is 2.30. The molecule has 2 rings (SSSR count). The summed E-state index contributed by atoms with van der Waals surface area (Å²) in [6, 6.07) is 14.4. The first kappa shape index (κ1) is 12.7. The van der Waals surface area contributed by atoms with Gasteiger partial charge in [0.05, 0.1) is 0 Å². The maximum absolute atomic E-state index is 10.3. The summed E-state index contributed by atoms with van der Waals surface area (Å²) >= 11 is 0. The van der Waals surface area contributed by atoms with Gasteiger partial charge < -0.3 is 5.11 Å². The molecule has 0 saturated carbocycles. The van der Waals surface area contributed by atoms with Gasteiger partial charge in [0.1, 0.15) is 5.75 Å². The van der Waals surface area contributed by atoms with Crippen LogP contribution in [0.5, 0.6) is 5.75 Å². The summed E-state index contributed by atoms with van der Waals surface area (Å²) in [5, 5.41) is 10.3. The van der Waals surface area contributed by atoms with Gasteiger partial charge in [-0.3, -0.25) is 0 Å². The predicted molar refractivity (Wildman–Crippen MR) is 76.9 cm³/mol. The van der Waals surface area contributed by atoms with Crippen molar-refractivity contribution in [2.75, 3.05) is 0 Å². The van der Waals surface area contributed by atoms with Crippen molar-refractivity contribution >= 4 is 0 Å². The molecule has 0 amide bonds. The molecule has 0 aliphatic rings. The van der Waals surface area contributed by atoms with Gasteiger partial charge in [0.15, 0.2) is 0 Å². The number of phenolic OH excluding ortho intramolecular Hbond substituents is 1. The van der Waals surface area contributed by atoms with E-state index in [0.717, 1.165) is 36.0 Å². The molecule has 0 aliphatic heterocycles. The Hall–Kier alpha value is -1.76. The maximum atomic E-state index is 10.3. The topological polar surface area (TPSA) is 20.2 Å². The molecule has 0 atom stereocenters. The average molecular weight is 240 g/mol. The molecule has 0 saturated heterocycles. The highest BCUT2D eigenvalue weighted by molar-refractivity contribution is 5.72. The molecular formula is C17H20O. The zero-order valence-electron chi connectivity index (χ0n) is 11.1. The lowest BCUT2D eigenvalue weighted by molar-refractivity contribution is 0.470. The van der Waals surface area contributed by atoms with Crippen LogP contribution in [0.4, 0.5) is 0 Å². The van der Waals surface area contributed by atoms with E-state index in [2.05, 4.69) is 26.0 Å². The zero-order chi connectivity index (χ0) is 13.0. The first-order valence-electron chi connectivity index (χ1n) is 6.66. The van der Waals surface area contributed by atoms with Gasteiger partial charge in [-0.05, 0) is 35.6 Å². The van der Waals surface area contributed by atoms with Crippen molar-refractivity contribution in [3.8, 4) is 16.9 Å². The first-order chi connectivity index (χ1) is 8.76. The van der Waals surface area contributed by atoms with Crippen LogP contribution in [0, 0.1) is 0 Å². The molecule has 0 unspecified atom stereocenters. The predicted octanol–water partition coefficient (Wildman–Crippen LogP) is 4.57. The molecule has 0 radical (unpaired) electrons. The number of phenols is 1. The van der Waals surface area contributed by atoms with Crippen LogP contribution in [0.25, 0.3) is 11.1 Å². The van der Waals surface area contributed by atoms with E-state index >= 15 is 0 Å². The van der Waals surface area contributed by atoms with Crippen LogP contribution in [0.15, 0.2) is 42.5 Å². The van der Waals surface area contributed by atoms with Crippen molar-refractivity contribution in [2.45, 2.75) is 33.1 Å². The standard InChI is InChI=1S/C17H20O/c1-3-8-13-11-14(4-2)17(18)16(12-13)15-9-6-5-7-10-15/h5-7,9-12,18H,3-4,8H2,1-2H3. The van der Waals surface area contributed by atoms with Crippen LogP contribution in [-0.2, 0) is 12.8 Å². The fourth-order valence-corrected chi connectivity index (χ4v) is 2.30. The van der Waals surface area contributed by atoms with Crippen LogP contribution >= 0.6 is 0 Å². The molecule has 0 fully saturated rings. The number of aryl methyl sites for hydroxylation is 2. The van der Waals surface area contributed by atoms with Gasteiger partial charge in [0, 0.05) is 5.56 Å². The minimum atomic E-state index is 0.434. The SMILES string of the molecule is CCCc1cc(CC)c(O)c(-c2ccccc2)c1.